The first kappa shape index (κ1) is 20.3. The monoisotopic (exact) mass is 424 g/mol. The second-order valence-electron chi connectivity index (χ2n) is 7.28. The summed E-state index contributed by atoms with van der Waals surface area (Å²) in [6.07, 6.45) is 6.91. The van der Waals surface area contributed by atoms with E-state index in [0.717, 1.165) is 31.4 Å². The van der Waals surface area contributed by atoms with Gasteiger partial charge in [-0.25, -0.2) is 13.4 Å². The molecule has 156 valence electrons. The van der Waals surface area contributed by atoms with Crippen LogP contribution in [0.1, 0.15) is 36.2 Å². The van der Waals surface area contributed by atoms with Crippen LogP contribution in [0.4, 0.5) is 5.69 Å². The van der Waals surface area contributed by atoms with E-state index in [0.29, 0.717) is 24.5 Å². The molecule has 2 aromatic carbocycles. The fourth-order valence-electron chi connectivity index (χ4n) is 3.62. The van der Waals surface area contributed by atoms with Crippen molar-refractivity contribution >= 4 is 21.6 Å². The Kier molecular flexibility index (Phi) is 5.96. The molecule has 7 nitrogen and oxygen atoms in total. The van der Waals surface area contributed by atoms with Crippen LogP contribution in [0.2, 0.25) is 0 Å². The molecule has 8 heteroatoms. The largest absolute Gasteiger partial charge is 0.321 e. The van der Waals surface area contributed by atoms with Crippen molar-refractivity contribution in [3.8, 4) is 5.69 Å². The number of para-hydroxylation sites is 1. The molecule has 1 fully saturated rings. The molecule has 0 aliphatic carbocycles. The summed E-state index contributed by atoms with van der Waals surface area (Å²) in [5.74, 6) is -0.360. The SMILES string of the molecule is O=C(Nc1cccc(S(=O)(=O)N2CCCCCC2)c1)c1cncn1-c1ccccc1. The zero-order chi connectivity index (χ0) is 21.0. The lowest BCUT2D eigenvalue weighted by molar-refractivity contribution is 0.102. The Morgan fingerprint density at radius 1 is 0.933 bits per heavy atom. The molecule has 1 N–H and O–H groups in total. The van der Waals surface area contributed by atoms with E-state index in [-0.39, 0.29) is 10.8 Å². The van der Waals surface area contributed by atoms with Crippen LogP contribution in [0.5, 0.6) is 0 Å². The second kappa shape index (κ2) is 8.81. The molecule has 1 saturated heterocycles. The number of amides is 1. The number of sulfonamides is 1. The number of hydrogen-bond donors (Lipinski definition) is 1. The van der Waals surface area contributed by atoms with E-state index in [2.05, 4.69) is 10.3 Å². The number of anilines is 1. The summed E-state index contributed by atoms with van der Waals surface area (Å²) in [5.41, 5.74) is 1.61. The summed E-state index contributed by atoms with van der Waals surface area (Å²) in [6.45, 7) is 1.07. The Bertz CT molecular complexity index is 1120. The molecule has 30 heavy (non-hydrogen) atoms. The Labute approximate surface area is 176 Å². The van der Waals surface area contributed by atoms with Crippen molar-refractivity contribution in [3.63, 3.8) is 0 Å². The maximum atomic E-state index is 13.0. The first-order valence-electron chi connectivity index (χ1n) is 10.0. The summed E-state index contributed by atoms with van der Waals surface area (Å²) >= 11 is 0. The Morgan fingerprint density at radius 2 is 1.67 bits per heavy atom. The number of carbonyl (C=O) groups excluding carboxylic acids is 1. The van der Waals surface area contributed by atoms with E-state index in [1.807, 2.05) is 30.3 Å². The molecule has 4 rings (SSSR count). The summed E-state index contributed by atoms with van der Waals surface area (Å²) in [5, 5.41) is 2.80. The van der Waals surface area contributed by atoms with Gasteiger partial charge in [-0.1, -0.05) is 37.1 Å². The Balaban J connectivity index is 1.56. The first-order valence-corrected chi connectivity index (χ1v) is 11.5. The van der Waals surface area contributed by atoms with Gasteiger partial charge < -0.3 is 5.32 Å². The molecule has 0 unspecified atom stereocenters. The van der Waals surface area contributed by atoms with E-state index >= 15 is 0 Å². The zero-order valence-corrected chi connectivity index (χ0v) is 17.4. The molecule has 3 aromatic rings. The lowest BCUT2D eigenvalue weighted by Gasteiger charge is -2.20. The summed E-state index contributed by atoms with van der Waals surface area (Å²) < 4.78 is 29.3. The van der Waals surface area contributed by atoms with Gasteiger partial charge in [0.15, 0.2) is 0 Å². The molecule has 1 aliphatic rings. The van der Waals surface area contributed by atoms with Gasteiger partial charge in [0, 0.05) is 24.5 Å². The molecule has 2 heterocycles. The van der Waals surface area contributed by atoms with Crippen LogP contribution < -0.4 is 5.32 Å². The van der Waals surface area contributed by atoms with Gasteiger partial charge in [0.2, 0.25) is 10.0 Å². The van der Waals surface area contributed by atoms with Crippen LogP contribution in [0, 0.1) is 0 Å². The minimum absolute atomic E-state index is 0.193. The number of carbonyl (C=O) groups is 1. The molecule has 1 amide bonds. The predicted molar refractivity (Wildman–Crippen MR) is 115 cm³/mol. The highest BCUT2D eigenvalue weighted by atomic mass is 32.2. The number of nitrogens with one attached hydrogen (secondary N) is 1. The highest BCUT2D eigenvalue weighted by Gasteiger charge is 2.25. The Morgan fingerprint density at radius 3 is 2.40 bits per heavy atom. The molecule has 0 spiro atoms. The number of aromatic nitrogens is 2. The molecule has 0 radical (unpaired) electrons. The average molecular weight is 425 g/mol. The molecule has 1 aliphatic heterocycles. The van der Waals surface area contributed by atoms with Gasteiger partial charge in [-0.05, 0) is 43.2 Å². The van der Waals surface area contributed by atoms with Crippen LogP contribution in [-0.4, -0.2) is 41.3 Å². The molecular formula is C22H24N4O3S. The van der Waals surface area contributed by atoms with Gasteiger partial charge in [-0.3, -0.25) is 9.36 Å². The van der Waals surface area contributed by atoms with E-state index in [9.17, 15) is 13.2 Å². The smallest absolute Gasteiger partial charge is 0.274 e. The number of rotatable bonds is 5. The topological polar surface area (TPSA) is 84.3 Å². The minimum atomic E-state index is -3.58. The van der Waals surface area contributed by atoms with Gasteiger partial charge in [0.25, 0.3) is 5.91 Å². The van der Waals surface area contributed by atoms with Gasteiger partial charge in [0.1, 0.15) is 5.69 Å². The lowest BCUT2D eigenvalue weighted by Crippen LogP contribution is -2.32. The normalized spacial score (nSPS) is 15.5. The fourth-order valence-corrected chi connectivity index (χ4v) is 5.18. The van der Waals surface area contributed by atoms with Crippen LogP contribution in [0.25, 0.3) is 5.69 Å². The van der Waals surface area contributed by atoms with E-state index < -0.39 is 10.0 Å². The number of benzene rings is 2. The van der Waals surface area contributed by atoms with Gasteiger partial charge in [-0.15, -0.1) is 0 Å². The molecule has 1 aromatic heterocycles. The summed E-state index contributed by atoms with van der Waals surface area (Å²) in [4.78, 5) is 17.1. The predicted octanol–water partition coefficient (Wildman–Crippen LogP) is 3.69. The van der Waals surface area contributed by atoms with Crippen molar-refractivity contribution < 1.29 is 13.2 Å². The fraction of sp³-hybridized carbons (Fsp3) is 0.273. The van der Waals surface area contributed by atoms with Gasteiger partial charge in [-0.2, -0.15) is 4.31 Å². The van der Waals surface area contributed by atoms with Crippen molar-refractivity contribution in [1.29, 1.82) is 0 Å². The van der Waals surface area contributed by atoms with Gasteiger partial charge in [0.05, 0.1) is 17.4 Å². The van der Waals surface area contributed by atoms with Crippen LogP contribution in [-0.2, 0) is 10.0 Å². The standard InChI is InChI=1S/C22H24N4O3S/c27-22(21-16-23-17-26(21)19-10-4-3-5-11-19)24-18-9-8-12-20(15-18)30(28,29)25-13-6-1-2-7-14-25/h3-5,8-12,15-17H,1-2,6-7,13-14H2,(H,24,27). The first-order chi connectivity index (χ1) is 14.6. The van der Waals surface area contributed by atoms with Crippen molar-refractivity contribution in [2.24, 2.45) is 0 Å². The van der Waals surface area contributed by atoms with E-state index in [4.69, 9.17) is 0 Å². The van der Waals surface area contributed by atoms with Crippen LogP contribution in [0.3, 0.4) is 0 Å². The van der Waals surface area contributed by atoms with Crippen molar-refractivity contribution in [1.82, 2.24) is 13.9 Å². The second-order valence-corrected chi connectivity index (χ2v) is 9.22. The third-order valence-electron chi connectivity index (χ3n) is 5.20. The van der Waals surface area contributed by atoms with Gasteiger partial charge >= 0.3 is 0 Å². The van der Waals surface area contributed by atoms with Crippen molar-refractivity contribution in [3.05, 3.63) is 72.8 Å². The minimum Gasteiger partial charge on any atom is -0.321 e. The highest BCUT2D eigenvalue weighted by Crippen LogP contribution is 2.23. The molecule has 0 bridgehead atoms. The number of nitrogens with zero attached hydrogens (tertiary/aromatic N) is 3. The zero-order valence-electron chi connectivity index (χ0n) is 16.6. The van der Waals surface area contributed by atoms with E-state index in [1.165, 1.54) is 12.3 Å². The van der Waals surface area contributed by atoms with Crippen molar-refractivity contribution in [2.75, 3.05) is 18.4 Å². The highest BCUT2D eigenvalue weighted by molar-refractivity contribution is 7.89. The van der Waals surface area contributed by atoms with Crippen LogP contribution >= 0.6 is 0 Å². The molecule has 0 atom stereocenters. The third kappa shape index (κ3) is 4.29. The lowest BCUT2D eigenvalue weighted by atomic mass is 10.2. The summed E-state index contributed by atoms with van der Waals surface area (Å²) in [6, 6.07) is 15.8. The number of hydrogen-bond acceptors (Lipinski definition) is 4. The quantitative estimate of drug-likeness (QED) is 0.677. The number of imidazole rings is 1. The average Bonchev–Trinajstić information content (AvgIpc) is 3.09. The third-order valence-corrected chi connectivity index (χ3v) is 7.09. The van der Waals surface area contributed by atoms with Crippen LogP contribution in [0.15, 0.2) is 72.0 Å². The molecule has 0 saturated carbocycles. The molecular weight excluding hydrogens is 400 g/mol. The maximum Gasteiger partial charge on any atom is 0.274 e. The summed E-state index contributed by atoms with van der Waals surface area (Å²) in [7, 11) is -3.58. The Hall–Kier alpha value is -2.97. The van der Waals surface area contributed by atoms with E-state index in [1.54, 1.807) is 33.4 Å². The van der Waals surface area contributed by atoms with Crippen molar-refractivity contribution in [2.45, 2.75) is 30.6 Å². The maximum absolute atomic E-state index is 13.0.